The Balaban J connectivity index is 2.10. The van der Waals surface area contributed by atoms with Crippen molar-refractivity contribution in [3.63, 3.8) is 0 Å². The lowest BCUT2D eigenvalue weighted by molar-refractivity contribution is -0.146. The molecule has 0 unspecified atom stereocenters. The molecular formula is C18H25ClO4. The second-order valence-corrected chi connectivity index (χ2v) is 5.66. The quantitative estimate of drug-likeness (QED) is 0.341. The molecule has 0 heterocycles. The van der Waals surface area contributed by atoms with Crippen LogP contribution in [0.25, 0.3) is 0 Å². The van der Waals surface area contributed by atoms with E-state index in [0.29, 0.717) is 18.9 Å². The number of esters is 2. The highest BCUT2D eigenvalue weighted by Crippen LogP contribution is 2.09. The molecule has 0 saturated carbocycles. The predicted octanol–water partition coefficient (Wildman–Crippen LogP) is 4.37. The minimum atomic E-state index is -0.301. The third-order valence-corrected chi connectivity index (χ3v) is 3.66. The standard InChI is InChI=1S/C18H25ClO4/c1-2-3-4-12-22-17(20)6-5-7-18(21)23-14-16-10-8-15(13-19)9-11-16/h8-11H,2-7,12-14H2,1H3. The summed E-state index contributed by atoms with van der Waals surface area (Å²) in [7, 11) is 0. The number of rotatable bonds is 11. The fourth-order valence-corrected chi connectivity index (χ4v) is 2.13. The van der Waals surface area contributed by atoms with E-state index in [9.17, 15) is 9.59 Å². The van der Waals surface area contributed by atoms with Crippen molar-refractivity contribution in [3.8, 4) is 0 Å². The van der Waals surface area contributed by atoms with Crippen LogP contribution in [0.1, 0.15) is 56.6 Å². The summed E-state index contributed by atoms with van der Waals surface area (Å²) in [4.78, 5) is 23.1. The monoisotopic (exact) mass is 340 g/mol. The van der Waals surface area contributed by atoms with Gasteiger partial charge in [0.1, 0.15) is 6.61 Å². The lowest BCUT2D eigenvalue weighted by Gasteiger charge is -2.06. The summed E-state index contributed by atoms with van der Waals surface area (Å²) in [5.41, 5.74) is 1.95. The predicted molar refractivity (Wildman–Crippen MR) is 90.1 cm³/mol. The summed E-state index contributed by atoms with van der Waals surface area (Å²) in [5.74, 6) is -0.0787. The largest absolute Gasteiger partial charge is 0.466 e. The number of carbonyl (C=O) groups is 2. The van der Waals surface area contributed by atoms with Crippen LogP contribution in [0.5, 0.6) is 0 Å². The van der Waals surface area contributed by atoms with Crippen molar-refractivity contribution in [2.45, 2.75) is 57.9 Å². The van der Waals surface area contributed by atoms with Crippen molar-refractivity contribution in [1.29, 1.82) is 0 Å². The molecule has 0 aromatic heterocycles. The van der Waals surface area contributed by atoms with Crippen LogP contribution in [0.3, 0.4) is 0 Å². The second-order valence-electron chi connectivity index (χ2n) is 5.39. The van der Waals surface area contributed by atoms with Crippen LogP contribution in [-0.2, 0) is 31.5 Å². The van der Waals surface area contributed by atoms with Gasteiger partial charge in [-0.3, -0.25) is 9.59 Å². The number of benzene rings is 1. The Morgan fingerprint density at radius 1 is 0.913 bits per heavy atom. The summed E-state index contributed by atoms with van der Waals surface area (Å²) in [6, 6.07) is 7.59. The topological polar surface area (TPSA) is 52.6 Å². The maximum Gasteiger partial charge on any atom is 0.306 e. The van der Waals surface area contributed by atoms with Crippen molar-refractivity contribution in [2.75, 3.05) is 6.61 Å². The van der Waals surface area contributed by atoms with E-state index in [1.54, 1.807) is 0 Å². The average Bonchev–Trinajstić information content (AvgIpc) is 2.57. The van der Waals surface area contributed by atoms with Crippen molar-refractivity contribution < 1.29 is 19.1 Å². The number of unbranched alkanes of at least 4 members (excludes halogenated alkanes) is 2. The van der Waals surface area contributed by atoms with E-state index >= 15 is 0 Å². The molecule has 0 bridgehead atoms. The van der Waals surface area contributed by atoms with E-state index in [1.807, 2.05) is 24.3 Å². The van der Waals surface area contributed by atoms with Gasteiger partial charge in [-0.1, -0.05) is 44.0 Å². The van der Waals surface area contributed by atoms with Crippen LogP contribution >= 0.6 is 11.6 Å². The Morgan fingerprint density at radius 3 is 2.13 bits per heavy atom. The maximum absolute atomic E-state index is 11.6. The van der Waals surface area contributed by atoms with Crippen LogP contribution < -0.4 is 0 Å². The molecule has 5 heteroatoms. The smallest absolute Gasteiger partial charge is 0.306 e. The number of alkyl halides is 1. The highest BCUT2D eigenvalue weighted by Gasteiger charge is 2.07. The molecule has 0 aliphatic carbocycles. The van der Waals surface area contributed by atoms with Gasteiger partial charge in [0.25, 0.3) is 0 Å². The number of carbonyl (C=O) groups excluding carboxylic acids is 2. The van der Waals surface area contributed by atoms with Gasteiger partial charge >= 0.3 is 11.9 Å². The van der Waals surface area contributed by atoms with E-state index < -0.39 is 0 Å². The highest BCUT2D eigenvalue weighted by atomic mass is 35.5. The van der Waals surface area contributed by atoms with Gasteiger partial charge < -0.3 is 9.47 Å². The number of hydrogen-bond donors (Lipinski definition) is 0. The van der Waals surface area contributed by atoms with Crippen molar-refractivity contribution >= 4 is 23.5 Å². The first-order chi connectivity index (χ1) is 11.2. The SMILES string of the molecule is CCCCCOC(=O)CCCC(=O)OCc1ccc(CCl)cc1. The minimum absolute atomic E-state index is 0.226. The molecule has 0 radical (unpaired) electrons. The van der Waals surface area contributed by atoms with Gasteiger partial charge in [0.05, 0.1) is 6.61 Å². The molecule has 0 saturated heterocycles. The van der Waals surface area contributed by atoms with Gasteiger partial charge in [0, 0.05) is 18.7 Å². The molecule has 4 nitrogen and oxygen atoms in total. The molecule has 0 aliphatic rings. The van der Waals surface area contributed by atoms with E-state index in [2.05, 4.69) is 6.92 Å². The molecule has 0 atom stereocenters. The van der Waals surface area contributed by atoms with Gasteiger partial charge in [-0.15, -0.1) is 11.6 Å². The lowest BCUT2D eigenvalue weighted by Crippen LogP contribution is -2.08. The molecule has 0 spiro atoms. The van der Waals surface area contributed by atoms with Gasteiger partial charge in [0.2, 0.25) is 0 Å². The van der Waals surface area contributed by atoms with E-state index in [4.69, 9.17) is 21.1 Å². The third-order valence-electron chi connectivity index (χ3n) is 3.35. The first-order valence-electron chi connectivity index (χ1n) is 8.10. The van der Waals surface area contributed by atoms with Gasteiger partial charge in [-0.25, -0.2) is 0 Å². The summed E-state index contributed by atoms with van der Waals surface area (Å²) < 4.78 is 10.2. The van der Waals surface area contributed by atoms with Crippen LogP contribution in [0.15, 0.2) is 24.3 Å². The summed E-state index contributed by atoms with van der Waals surface area (Å²) in [6.07, 6.45) is 3.99. The second kappa shape index (κ2) is 11.9. The molecule has 1 aromatic carbocycles. The number of ether oxygens (including phenoxy) is 2. The normalized spacial score (nSPS) is 10.3. The molecule has 1 rings (SSSR count). The van der Waals surface area contributed by atoms with Crippen molar-refractivity contribution in [2.24, 2.45) is 0 Å². The zero-order chi connectivity index (χ0) is 16.9. The Morgan fingerprint density at radius 2 is 1.52 bits per heavy atom. The van der Waals surface area contributed by atoms with Crippen LogP contribution in [-0.4, -0.2) is 18.5 Å². The van der Waals surface area contributed by atoms with Crippen molar-refractivity contribution in [1.82, 2.24) is 0 Å². The molecule has 1 aromatic rings. The average molecular weight is 341 g/mol. The van der Waals surface area contributed by atoms with Crippen LogP contribution in [0, 0.1) is 0 Å². The fraction of sp³-hybridized carbons (Fsp3) is 0.556. The van der Waals surface area contributed by atoms with Gasteiger partial charge in [-0.2, -0.15) is 0 Å². The molecule has 128 valence electrons. The summed E-state index contributed by atoms with van der Waals surface area (Å²) in [5, 5.41) is 0. The van der Waals surface area contributed by atoms with E-state index in [1.165, 1.54) is 0 Å². The zero-order valence-corrected chi connectivity index (χ0v) is 14.4. The summed E-state index contributed by atoms with van der Waals surface area (Å²) >= 11 is 5.71. The van der Waals surface area contributed by atoms with Crippen LogP contribution in [0.2, 0.25) is 0 Å². The fourth-order valence-electron chi connectivity index (χ4n) is 1.95. The van der Waals surface area contributed by atoms with Crippen molar-refractivity contribution in [3.05, 3.63) is 35.4 Å². The van der Waals surface area contributed by atoms with Gasteiger partial charge in [-0.05, 0) is 24.0 Å². The minimum Gasteiger partial charge on any atom is -0.466 e. The number of halogens is 1. The molecule has 0 amide bonds. The van der Waals surface area contributed by atoms with Crippen LogP contribution in [0.4, 0.5) is 0 Å². The van der Waals surface area contributed by atoms with E-state index in [-0.39, 0.29) is 31.4 Å². The molecular weight excluding hydrogens is 316 g/mol. The molecule has 0 aliphatic heterocycles. The highest BCUT2D eigenvalue weighted by molar-refractivity contribution is 6.17. The Hall–Kier alpha value is -1.55. The van der Waals surface area contributed by atoms with Gasteiger partial charge in [0.15, 0.2) is 0 Å². The first-order valence-corrected chi connectivity index (χ1v) is 8.64. The Kier molecular flexibility index (Phi) is 10.1. The zero-order valence-electron chi connectivity index (χ0n) is 13.7. The summed E-state index contributed by atoms with van der Waals surface area (Å²) in [6.45, 7) is 2.80. The molecule has 23 heavy (non-hydrogen) atoms. The molecule has 0 N–H and O–H groups in total. The first kappa shape index (κ1) is 19.5. The van der Waals surface area contributed by atoms with E-state index in [0.717, 1.165) is 30.4 Å². The number of hydrogen-bond acceptors (Lipinski definition) is 4. The third kappa shape index (κ3) is 9.24. The lowest BCUT2D eigenvalue weighted by atomic mass is 10.2. The Bertz CT molecular complexity index is 470. The molecule has 0 fully saturated rings. The Labute approximate surface area is 143 Å². The maximum atomic E-state index is 11.6.